The average molecular weight is 506 g/mol. The van der Waals surface area contributed by atoms with E-state index in [0.717, 1.165) is 17.0 Å². The second kappa shape index (κ2) is 10.7. The minimum atomic E-state index is -0.983. The lowest BCUT2D eigenvalue weighted by Gasteiger charge is -2.52. The minimum Gasteiger partial charge on any atom is -0.390 e. The number of aliphatic hydroxyl groups excluding tert-OH is 1. The quantitative estimate of drug-likeness (QED) is 0.524. The molecule has 2 aliphatic heterocycles. The lowest BCUT2D eigenvalue weighted by atomic mass is 9.79. The summed E-state index contributed by atoms with van der Waals surface area (Å²) in [5.41, 5.74) is 4.52. The highest BCUT2D eigenvalue weighted by atomic mass is 16.3. The molecule has 8 heteroatoms. The number of aromatic amines is 1. The van der Waals surface area contributed by atoms with Gasteiger partial charge >= 0.3 is 0 Å². The highest BCUT2D eigenvalue weighted by Crippen LogP contribution is 2.39. The molecule has 3 N–H and O–H groups in total. The summed E-state index contributed by atoms with van der Waals surface area (Å²) in [5, 5.41) is 21.1. The molecule has 0 saturated carbocycles. The van der Waals surface area contributed by atoms with Crippen molar-refractivity contribution in [3.63, 3.8) is 0 Å². The zero-order valence-electron chi connectivity index (χ0n) is 22.8. The molecular weight excluding hydrogens is 466 g/mol. The molecule has 4 rings (SSSR count). The van der Waals surface area contributed by atoms with Crippen LogP contribution in [0.25, 0.3) is 0 Å². The predicted octanol–water partition coefficient (Wildman–Crippen LogP) is 2.63. The Morgan fingerprint density at radius 3 is 2.32 bits per heavy atom. The van der Waals surface area contributed by atoms with Gasteiger partial charge < -0.3 is 15.3 Å². The van der Waals surface area contributed by atoms with Crippen LogP contribution < -0.4 is 5.32 Å². The topological polar surface area (TPSA) is 102 Å². The van der Waals surface area contributed by atoms with Crippen LogP contribution in [-0.2, 0) is 9.59 Å². The first-order valence-corrected chi connectivity index (χ1v) is 13.1. The molecule has 2 aliphatic rings. The Hall–Kier alpha value is -3.15. The van der Waals surface area contributed by atoms with Gasteiger partial charge in [-0.05, 0) is 52.0 Å². The summed E-state index contributed by atoms with van der Waals surface area (Å²) < 4.78 is 0. The third kappa shape index (κ3) is 4.90. The van der Waals surface area contributed by atoms with Gasteiger partial charge in [0.15, 0.2) is 0 Å². The molecule has 2 fully saturated rings. The van der Waals surface area contributed by atoms with Gasteiger partial charge in [-0.15, -0.1) is 5.92 Å². The normalized spacial score (nSPS) is 21.5. The number of benzene rings is 1. The lowest BCUT2D eigenvalue weighted by Crippen LogP contribution is -2.74. The fraction of sp³-hybridized carbons (Fsp3) is 0.552. The number of aryl methyl sites for hydroxylation is 3. The maximum absolute atomic E-state index is 13.7. The first-order valence-electron chi connectivity index (χ1n) is 13.1. The molecule has 0 aliphatic carbocycles. The molecule has 3 heterocycles. The van der Waals surface area contributed by atoms with E-state index in [4.69, 9.17) is 0 Å². The smallest absolute Gasteiger partial charge is 0.249 e. The van der Waals surface area contributed by atoms with Crippen molar-refractivity contribution in [1.29, 1.82) is 0 Å². The van der Waals surface area contributed by atoms with Crippen molar-refractivity contribution in [2.75, 3.05) is 19.6 Å². The molecule has 37 heavy (non-hydrogen) atoms. The zero-order valence-corrected chi connectivity index (χ0v) is 22.8. The molecule has 0 radical (unpaired) electrons. The first-order chi connectivity index (χ1) is 17.6. The molecule has 2 aromatic rings. The van der Waals surface area contributed by atoms with E-state index in [1.807, 2.05) is 27.7 Å². The predicted molar refractivity (Wildman–Crippen MR) is 143 cm³/mol. The number of piperidine rings is 1. The van der Waals surface area contributed by atoms with Crippen molar-refractivity contribution < 1.29 is 14.7 Å². The van der Waals surface area contributed by atoms with Gasteiger partial charge in [0, 0.05) is 24.3 Å². The van der Waals surface area contributed by atoms with Crippen molar-refractivity contribution >= 4 is 11.8 Å². The number of amides is 2. The number of aliphatic hydroxyl groups is 1. The summed E-state index contributed by atoms with van der Waals surface area (Å²) in [6, 6.07) is 7.60. The van der Waals surface area contributed by atoms with Gasteiger partial charge in [0.25, 0.3) is 0 Å². The molecule has 1 spiro atoms. The molecule has 1 aromatic heterocycles. The van der Waals surface area contributed by atoms with E-state index < -0.39 is 17.7 Å². The molecule has 8 nitrogen and oxygen atoms in total. The SMILES string of the molecule is CC#CCN1C(=O)[C@@H]([C@H](O)C(C)C)NC(=O)C12CCN(C(c1ccc(C)cc1)c1c(C)n[nH]c1C)CC2. The highest BCUT2D eigenvalue weighted by molar-refractivity contribution is 6.00. The van der Waals surface area contributed by atoms with Crippen LogP contribution in [0.3, 0.4) is 0 Å². The van der Waals surface area contributed by atoms with E-state index in [2.05, 4.69) is 63.4 Å². The third-order valence-corrected chi connectivity index (χ3v) is 8.04. The molecule has 3 atom stereocenters. The number of carbonyl (C=O) groups excluding carboxylic acids is 2. The fourth-order valence-electron chi connectivity index (χ4n) is 5.76. The van der Waals surface area contributed by atoms with Gasteiger partial charge in [-0.2, -0.15) is 5.10 Å². The summed E-state index contributed by atoms with van der Waals surface area (Å²) in [6.45, 7) is 13.0. The zero-order chi connectivity index (χ0) is 26.9. The number of nitrogens with one attached hydrogen (secondary N) is 2. The monoisotopic (exact) mass is 505 g/mol. The Bertz CT molecular complexity index is 1180. The first kappa shape index (κ1) is 26.9. The Labute approximate surface area is 219 Å². The standard InChI is InChI=1S/C29H39N5O3/c1-7-8-15-34-27(36)24(26(35)18(2)3)30-28(37)29(34)13-16-33(17-14-29)25(22-11-9-19(4)10-12-22)23-20(5)31-32-21(23)6/h9-12,18,24-26,35H,13-17H2,1-6H3,(H,30,37)(H,31,32)/t24-,25?,26-/m1/s1. The maximum Gasteiger partial charge on any atom is 0.249 e. The van der Waals surface area contributed by atoms with Gasteiger partial charge in [0.2, 0.25) is 11.8 Å². The summed E-state index contributed by atoms with van der Waals surface area (Å²) in [6.07, 6.45) is 0.0151. The lowest BCUT2D eigenvalue weighted by molar-refractivity contribution is -0.164. The van der Waals surface area contributed by atoms with Crippen LogP contribution in [0.4, 0.5) is 0 Å². The number of piperazine rings is 1. The third-order valence-electron chi connectivity index (χ3n) is 8.04. The number of rotatable bonds is 6. The summed E-state index contributed by atoms with van der Waals surface area (Å²) >= 11 is 0. The Morgan fingerprint density at radius 1 is 1.14 bits per heavy atom. The average Bonchev–Trinajstić information content (AvgIpc) is 3.21. The fourth-order valence-corrected chi connectivity index (χ4v) is 5.76. The summed E-state index contributed by atoms with van der Waals surface area (Å²) in [5.74, 6) is 5.24. The highest BCUT2D eigenvalue weighted by Gasteiger charge is 2.55. The number of H-pyrrole nitrogens is 1. The van der Waals surface area contributed by atoms with Gasteiger partial charge in [-0.3, -0.25) is 19.6 Å². The number of carbonyl (C=O) groups is 2. The van der Waals surface area contributed by atoms with E-state index in [9.17, 15) is 14.7 Å². The molecule has 2 amide bonds. The van der Waals surface area contributed by atoms with Crippen LogP contribution in [-0.4, -0.2) is 74.2 Å². The van der Waals surface area contributed by atoms with Crippen molar-refractivity contribution in [1.82, 2.24) is 25.3 Å². The number of nitrogens with zero attached hydrogens (tertiary/aromatic N) is 3. The maximum atomic E-state index is 13.7. The minimum absolute atomic E-state index is 0.0153. The van der Waals surface area contributed by atoms with Crippen molar-refractivity contribution in [2.45, 2.75) is 78.1 Å². The number of hydrogen-bond donors (Lipinski definition) is 3. The number of likely N-dealkylation sites (tertiary alicyclic amines) is 1. The van der Waals surface area contributed by atoms with Crippen LogP contribution in [0.5, 0.6) is 0 Å². The summed E-state index contributed by atoms with van der Waals surface area (Å²) in [4.78, 5) is 31.3. The second-order valence-electron chi connectivity index (χ2n) is 10.8. The molecule has 0 bridgehead atoms. The van der Waals surface area contributed by atoms with Gasteiger partial charge in [0.05, 0.1) is 24.4 Å². The van der Waals surface area contributed by atoms with Crippen LogP contribution in [0.15, 0.2) is 24.3 Å². The Kier molecular flexibility index (Phi) is 7.77. The van der Waals surface area contributed by atoms with Crippen LogP contribution in [0.1, 0.15) is 67.7 Å². The summed E-state index contributed by atoms with van der Waals surface area (Å²) in [7, 11) is 0. The number of hydrogen-bond acceptors (Lipinski definition) is 5. The second-order valence-corrected chi connectivity index (χ2v) is 10.8. The van der Waals surface area contributed by atoms with Crippen LogP contribution >= 0.6 is 0 Å². The van der Waals surface area contributed by atoms with Crippen molar-refractivity contribution in [2.24, 2.45) is 5.92 Å². The van der Waals surface area contributed by atoms with Gasteiger partial charge in [0.1, 0.15) is 11.6 Å². The Morgan fingerprint density at radius 2 is 1.78 bits per heavy atom. The molecular formula is C29H39N5O3. The van der Waals surface area contributed by atoms with Gasteiger partial charge in [-0.1, -0.05) is 49.6 Å². The van der Waals surface area contributed by atoms with Crippen molar-refractivity contribution in [3.8, 4) is 11.8 Å². The molecule has 198 valence electrons. The van der Waals surface area contributed by atoms with Gasteiger partial charge in [-0.25, -0.2) is 0 Å². The largest absolute Gasteiger partial charge is 0.390 e. The van der Waals surface area contributed by atoms with E-state index in [-0.39, 0.29) is 30.3 Å². The van der Waals surface area contributed by atoms with E-state index >= 15 is 0 Å². The Balaban J connectivity index is 1.66. The van der Waals surface area contributed by atoms with E-state index in [0.29, 0.717) is 25.9 Å². The van der Waals surface area contributed by atoms with Crippen molar-refractivity contribution in [3.05, 3.63) is 52.3 Å². The number of aromatic nitrogens is 2. The van der Waals surface area contributed by atoms with E-state index in [1.165, 1.54) is 11.1 Å². The van der Waals surface area contributed by atoms with E-state index in [1.54, 1.807) is 11.8 Å². The van der Waals surface area contributed by atoms with Crippen LogP contribution in [0.2, 0.25) is 0 Å². The van der Waals surface area contributed by atoms with Crippen LogP contribution in [0, 0.1) is 38.5 Å². The molecule has 1 aromatic carbocycles. The molecule has 1 unspecified atom stereocenters. The molecule has 2 saturated heterocycles.